The number of nitrogens with one attached hydrogen (secondary N) is 2. The Hall–Kier alpha value is -3.09. The molecule has 0 radical (unpaired) electrons. The van der Waals surface area contributed by atoms with E-state index in [1.807, 2.05) is 6.92 Å². The fourth-order valence-electron chi connectivity index (χ4n) is 2.62. The Bertz CT molecular complexity index is 1120. The van der Waals surface area contributed by atoms with Gasteiger partial charge in [-0.15, -0.1) is 0 Å². The number of benzene rings is 2. The van der Waals surface area contributed by atoms with E-state index in [2.05, 4.69) is 10.6 Å². The third-order valence-electron chi connectivity index (χ3n) is 4.06. The second-order valence-electron chi connectivity index (χ2n) is 6.38. The van der Waals surface area contributed by atoms with Crippen molar-refractivity contribution in [1.29, 1.82) is 0 Å². The lowest BCUT2D eigenvalue weighted by Gasteiger charge is -2.10. The molecule has 0 aliphatic carbocycles. The Morgan fingerprint density at radius 3 is 2.38 bits per heavy atom. The molecule has 0 aliphatic heterocycles. The first kappa shape index (κ1) is 20.6. The van der Waals surface area contributed by atoms with E-state index >= 15 is 0 Å². The maximum Gasteiger partial charge on any atom is 0.255 e. The molecule has 148 valence electrons. The molecule has 0 saturated carbocycles. The van der Waals surface area contributed by atoms with Gasteiger partial charge in [0.15, 0.2) is 0 Å². The van der Waals surface area contributed by atoms with E-state index < -0.39 is 0 Å². The molecule has 0 atom stereocenters. The van der Waals surface area contributed by atoms with Crippen LogP contribution in [0, 0.1) is 6.92 Å². The van der Waals surface area contributed by atoms with Crippen LogP contribution in [-0.4, -0.2) is 16.4 Å². The Morgan fingerprint density at radius 1 is 0.966 bits per heavy atom. The molecule has 0 aliphatic rings. The SMILES string of the molecule is Cc1ccc(=O)n(CC(=O)Nc2ccc(C(=O)Nc3ccc(Cl)cc3Cl)cc2)c1. The summed E-state index contributed by atoms with van der Waals surface area (Å²) in [4.78, 5) is 36.4. The highest BCUT2D eigenvalue weighted by atomic mass is 35.5. The lowest BCUT2D eigenvalue weighted by atomic mass is 10.2. The zero-order valence-electron chi connectivity index (χ0n) is 15.4. The molecule has 0 unspecified atom stereocenters. The average molecular weight is 430 g/mol. The predicted molar refractivity (Wildman–Crippen MR) is 115 cm³/mol. The zero-order chi connectivity index (χ0) is 21.0. The minimum atomic E-state index is -0.349. The molecule has 0 fully saturated rings. The van der Waals surface area contributed by atoms with Gasteiger partial charge in [-0.05, 0) is 55.0 Å². The van der Waals surface area contributed by atoms with Crippen molar-refractivity contribution in [3.05, 3.63) is 92.3 Å². The number of halogens is 2. The summed E-state index contributed by atoms with van der Waals surface area (Å²) >= 11 is 11.9. The van der Waals surface area contributed by atoms with Gasteiger partial charge in [0.1, 0.15) is 6.54 Å². The van der Waals surface area contributed by atoms with Crippen molar-refractivity contribution >= 4 is 46.4 Å². The van der Waals surface area contributed by atoms with Crippen LogP contribution in [-0.2, 0) is 11.3 Å². The number of carbonyl (C=O) groups is 2. The number of nitrogens with zero attached hydrogens (tertiary/aromatic N) is 1. The summed E-state index contributed by atoms with van der Waals surface area (Å²) < 4.78 is 1.34. The smallest absolute Gasteiger partial charge is 0.255 e. The number of aryl methyl sites for hydroxylation is 1. The van der Waals surface area contributed by atoms with E-state index in [4.69, 9.17) is 23.2 Å². The maximum absolute atomic E-state index is 12.4. The molecule has 3 aromatic rings. The number of hydrogen-bond acceptors (Lipinski definition) is 3. The first-order chi connectivity index (χ1) is 13.8. The molecule has 0 bridgehead atoms. The van der Waals surface area contributed by atoms with Gasteiger partial charge < -0.3 is 15.2 Å². The Balaban J connectivity index is 1.63. The van der Waals surface area contributed by atoms with Crippen molar-refractivity contribution in [1.82, 2.24) is 4.57 Å². The van der Waals surface area contributed by atoms with Crippen LogP contribution in [0.4, 0.5) is 11.4 Å². The largest absolute Gasteiger partial charge is 0.325 e. The highest BCUT2D eigenvalue weighted by Gasteiger charge is 2.10. The van der Waals surface area contributed by atoms with Crippen LogP contribution in [0.1, 0.15) is 15.9 Å². The molecule has 2 aromatic carbocycles. The van der Waals surface area contributed by atoms with Crippen molar-refractivity contribution in [3.8, 4) is 0 Å². The molecule has 8 heteroatoms. The molecule has 0 spiro atoms. The molecule has 1 aromatic heterocycles. The van der Waals surface area contributed by atoms with Gasteiger partial charge in [-0.25, -0.2) is 0 Å². The molecule has 2 amide bonds. The topological polar surface area (TPSA) is 80.2 Å². The van der Waals surface area contributed by atoms with Crippen molar-refractivity contribution < 1.29 is 9.59 Å². The van der Waals surface area contributed by atoms with Crippen LogP contribution in [0.25, 0.3) is 0 Å². The van der Waals surface area contributed by atoms with Gasteiger partial charge in [0.2, 0.25) is 5.91 Å². The highest BCUT2D eigenvalue weighted by molar-refractivity contribution is 6.36. The van der Waals surface area contributed by atoms with Gasteiger partial charge in [0.25, 0.3) is 11.5 Å². The van der Waals surface area contributed by atoms with E-state index in [0.717, 1.165) is 5.56 Å². The van der Waals surface area contributed by atoms with Crippen molar-refractivity contribution in [2.75, 3.05) is 10.6 Å². The predicted octanol–water partition coefficient (Wildman–Crippen LogP) is 4.35. The minimum absolute atomic E-state index is 0.0994. The molecule has 6 nitrogen and oxygen atoms in total. The fourth-order valence-corrected chi connectivity index (χ4v) is 3.08. The van der Waals surface area contributed by atoms with Gasteiger partial charge in [0.05, 0.1) is 10.7 Å². The molecular weight excluding hydrogens is 413 g/mol. The van der Waals surface area contributed by atoms with Gasteiger partial charge >= 0.3 is 0 Å². The van der Waals surface area contributed by atoms with Crippen LogP contribution < -0.4 is 16.2 Å². The Labute approximate surface area is 177 Å². The summed E-state index contributed by atoms with van der Waals surface area (Å²) in [6, 6.07) is 14.3. The Kier molecular flexibility index (Phi) is 6.36. The molecule has 0 saturated heterocycles. The average Bonchev–Trinajstić information content (AvgIpc) is 2.67. The van der Waals surface area contributed by atoms with Crippen molar-refractivity contribution in [2.45, 2.75) is 13.5 Å². The second kappa shape index (κ2) is 8.94. The van der Waals surface area contributed by atoms with Crippen LogP contribution >= 0.6 is 23.2 Å². The van der Waals surface area contributed by atoms with E-state index in [1.54, 1.807) is 48.7 Å². The van der Waals surface area contributed by atoms with E-state index in [0.29, 0.717) is 27.0 Å². The summed E-state index contributed by atoms with van der Waals surface area (Å²) in [5.41, 5.74) is 1.98. The van der Waals surface area contributed by atoms with Crippen LogP contribution in [0.5, 0.6) is 0 Å². The number of rotatable bonds is 5. The van der Waals surface area contributed by atoms with Crippen molar-refractivity contribution in [2.24, 2.45) is 0 Å². The normalized spacial score (nSPS) is 10.4. The number of aromatic nitrogens is 1. The highest BCUT2D eigenvalue weighted by Crippen LogP contribution is 2.26. The lowest BCUT2D eigenvalue weighted by Crippen LogP contribution is -2.26. The Morgan fingerprint density at radius 2 is 1.69 bits per heavy atom. The maximum atomic E-state index is 12.4. The number of anilines is 2. The molecule has 3 rings (SSSR count). The van der Waals surface area contributed by atoms with Crippen LogP contribution in [0.15, 0.2) is 65.6 Å². The van der Waals surface area contributed by atoms with E-state index in [-0.39, 0.29) is 23.9 Å². The molecule has 29 heavy (non-hydrogen) atoms. The summed E-state index contributed by atoms with van der Waals surface area (Å²) in [6.45, 7) is 1.74. The van der Waals surface area contributed by atoms with Crippen molar-refractivity contribution in [3.63, 3.8) is 0 Å². The van der Waals surface area contributed by atoms with Gasteiger partial charge in [-0.1, -0.05) is 29.3 Å². The molecule has 2 N–H and O–H groups in total. The number of amides is 2. The first-order valence-corrected chi connectivity index (χ1v) is 9.41. The van der Waals surface area contributed by atoms with E-state index in [9.17, 15) is 14.4 Å². The fraction of sp³-hybridized carbons (Fsp3) is 0.0952. The standard InChI is InChI=1S/C21H17Cl2N3O3/c1-13-2-9-20(28)26(11-13)12-19(27)24-16-6-3-14(4-7-16)21(29)25-18-8-5-15(22)10-17(18)23/h2-11H,12H2,1H3,(H,24,27)(H,25,29). The molecule has 1 heterocycles. The number of carbonyl (C=O) groups excluding carboxylic acids is 2. The third kappa shape index (κ3) is 5.47. The monoisotopic (exact) mass is 429 g/mol. The summed E-state index contributed by atoms with van der Waals surface area (Å²) in [7, 11) is 0. The van der Waals surface area contributed by atoms with Gasteiger partial charge in [0, 0.05) is 28.5 Å². The summed E-state index contributed by atoms with van der Waals surface area (Å²) in [5, 5.41) is 6.21. The third-order valence-corrected chi connectivity index (χ3v) is 4.60. The van der Waals surface area contributed by atoms with Crippen LogP contribution in [0.2, 0.25) is 10.0 Å². The second-order valence-corrected chi connectivity index (χ2v) is 7.22. The molecular formula is C21H17Cl2N3O3. The first-order valence-electron chi connectivity index (χ1n) is 8.65. The summed E-state index contributed by atoms with van der Waals surface area (Å²) in [5.74, 6) is -0.693. The minimum Gasteiger partial charge on any atom is -0.325 e. The number of pyridine rings is 1. The summed E-state index contributed by atoms with van der Waals surface area (Å²) in [6.07, 6.45) is 1.62. The van der Waals surface area contributed by atoms with Crippen LogP contribution in [0.3, 0.4) is 0 Å². The quantitative estimate of drug-likeness (QED) is 0.632. The van der Waals surface area contributed by atoms with Gasteiger partial charge in [-0.3, -0.25) is 14.4 Å². The lowest BCUT2D eigenvalue weighted by molar-refractivity contribution is -0.116. The van der Waals surface area contributed by atoms with E-state index in [1.165, 1.54) is 16.7 Å². The van der Waals surface area contributed by atoms with Gasteiger partial charge in [-0.2, -0.15) is 0 Å². The number of hydrogen-bond donors (Lipinski definition) is 2. The zero-order valence-corrected chi connectivity index (χ0v) is 16.9.